The monoisotopic (exact) mass is 456 g/mol. The molecule has 0 unspecified atom stereocenters. The highest BCUT2D eigenvalue weighted by Crippen LogP contribution is 2.47. The summed E-state index contributed by atoms with van der Waals surface area (Å²) in [4.78, 5) is 2.22. The van der Waals surface area contributed by atoms with E-state index < -0.39 is 0 Å². The molecule has 0 amide bonds. The van der Waals surface area contributed by atoms with Crippen LogP contribution in [0.3, 0.4) is 0 Å². The molecule has 0 saturated carbocycles. The summed E-state index contributed by atoms with van der Waals surface area (Å²) in [5.41, 5.74) is 5.54. The number of ether oxygens (including phenoxy) is 1. The number of phenols is 1. The van der Waals surface area contributed by atoms with Gasteiger partial charge in [-0.3, -0.25) is 9.29 Å². The summed E-state index contributed by atoms with van der Waals surface area (Å²) in [5.74, 6) is 1.78. The number of aryl methyl sites for hydroxylation is 1. The first-order chi connectivity index (χ1) is 16.6. The lowest BCUT2D eigenvalue weighted by molar-refractivity contribution is 0.0668. The Bertz CT molecular complexity index is 1160. The minimum atomic E-state index is -0.230. The predicted molar refractivity (Wildman–Crippen MR) is 130 cm³/mol. The number of alkyl halides is 1. The van der Waals surface area contributed by atoms with E-state index in [0.717, 1.165) is 38.2 Å². The predicted octanol–water partition coefficient (Wildman–Crippen LogP) is 5.41. The standard InChI is InChI=1S/C29H29FN2O2/c30-16-21-18-32(19-21)13-14-34-26-9-5-23(6-10-26)29-27(22-3-1-20(17-31)2-4-22)11-7-24-15-25(33)8-12-28(24)29/h1-6,8-10,12,15,21,27,29,33H,7,11,13-14,16,18-19H2/t27-,29+/m0/s1. The largest absolute Gasteiger partial charge is 0.508 e. The second-order valence-corrected chi connectivity index (χ2v) is 9.44. The van der Waals surface area contributed by atoms with Gasteiger partial charge in [0, 0.05) is 31.5 Å². The van der Waals surface area contributed by atoms with E-state index in [0.29, 0.717) is 17.9 Å². The molecule has 1 heterocycles. The number of nitrogens with zero attached hydrogens (tertiary/aromatic N) is 2. The zero-order valence-corrected chi connectivity index (χ0v) is 19.2. The quantitative estimate of drug-likeness (QED) is 0.517. The minimum Gasteiger partial charge on any atom is -0.508 e. The number of benzene rings is 3. The van der Waals surface area contributed by atoms with Gasteiger partial charge < -0.3 is 9.84 Å². The molecule has 0 aromatic heterocycles. The second kappa shape index (κ2) is 9.87. The van der Waals surface area contributed by atoms with Crippen molar-refractivity contribution in [3.05, 3.63) is 94.5 Å². The van der Waals surface area contributed by atoms with Gasteiger partial charge in [-0.25, -0.2) is 0 Å². The van der Waals surface area contributed by atoms with E-state index in [-0.39, 0.29) is 24.4 Å². The van der Waals surface area contributed by atoms with Gasteiger partial charge in [-0.15, -0.1) is 0 Å². The summed E-state index contributed by atoms with van der Waals surface area (Å²) in [6.07, 6.45) is 1.88. The molecule has 1 N–H and O–H groups in total. The summed E-state index contributed by atoms with van der Waals surface area (Å²) < 4.78 is 18.5. The van der Waals surface area contributed by atoms with Crippen molar-refractivity contribution in [1.82, 2.24) is 4.90 Å². The first-order valence-corrected chi connectivity index (χ1v) is 12.0. The molecule has 5 rings (SSSR count). The summed E-state index contributed by atoms with van der Waals surface area (Å²) in [6.45, 7) is 2.83. The van der Waals surface area contributed by atoms with Crippen LogP contribution < -0.4 is 4.74 Å². The van der Waals surface area contributed by atoms with Gasteiger partial charge in [-0.05, 0) is 77.4 Å². The van der Waals surface area contributed by atoms with Gasteiger partial charge in [-0.1, -0.05) is 30.3 Å². The van der Waals surface area contributed by atoms with Gasteiger partial charge in [0.15, 0.2) is 0 Å². The molecule has 3 aromatic carbocycles. The molecular weight excluding hydrogens is 427 g/mol. The van der Waals surface area contributed by atoms with Gasteiger partial charge in [0.2, 0.25) is 0 Å². The van der Waals surface area contributed by atoms with E-state index in [4.69, 9.17) is 4.74 Å². The average Bonchev–Trinajstić information content (AvgIpc) is 2.85. The molecule has 174 valence electrons. The number of nitriles is 1. The van der Waals surface area contributed by atoms with Crippen LogP contribution in [0.4, 0.5) is 4.39 Å². The molecule has 2 atom stereocenters. The number of halogens is 1. The van der Waals surface area contributed by atoms with Gasteiger partial charge in [0.25, 0.3) is 0 Å². The van der Waals surface area contributed by atoms with Gasteiger partial charge in [-0.2, -0.15) is 5.26 Å². The average molecular weight is 457 g/mol. The highest BCUT2D eigenvalue weighted by Gasteiger charge is 2.32. The van der Waals surface area contributed by atoms with E-state index in [2.05, 4.69) is 35.2 Å². The lowest BCUT2D eigenvalue weighted by Gasteiger charge is -2.37. The van der Waals surface area contributed by atoms with E-state index >= 15 is 0 Å². The van der Waals surface area contributed by atoms with Crippen LogP contribution in [-0.4, -0.2) is 42.9 Å². The fraction of sp³-hybridized carbons (Fsp3) is 0.345. The van der Waals surface area contributed by atoms with Crippen molar-refractivity contribution < 1.29 is 14.2 Å². The molecular formula is C29H29FN2O2. The molecule has 1 fully saturated rings. The molecule has 0 radical (unpaired) electrons. The van der Waals surface area contributed by atoms with Crippen molar-refractivity contribution in [2.45, 2.75) is 24.7 Å². The van der Waals surface area contributed by atoms with Gasteiger partial charge in [0.05, 0.1) is 18.3 Å². The van der Waals surface area contributed by atoms with Crippen molar-refractivity contribution in [1.29, 1.82) is 5.26 Å². The van der Waals surface area contributed by atoms with E-state index in [1.54, 1.807) is 6.07 Å². The van der Waals surface area contributed by atoms with Crippen molar-refractivity contribution in [2.24, 2.45) is 5.92 Å². The molecule has 5 heteroatoms. The maximum atomic E-state index is 12.6. The molecule has 0 bridgehead atoms. The molecule has 1 aliphatic carbocycles. The van der Waals surface area contributed by atoms with Crippen LogP contribution in [-0.2, 0) is 6.42 Å². The molecule has 1 saturated heterocycles. The van der Waals surface area contributed by atoms with Crippen molar-refractivity contribution in [3.8, 4) is 17.6 Å². The number of rotatable bonds is 7. The molecule has 4 nitrogen and oxygen atoms in total. The van der Waals surface area contributed by atoms with Crippen LogP contribution in [0, 0.1) is 17.2 Å². The Labute approximate surface area is 200 Å². The first kappa shape index (κ1) is 22.4. The molecule has 1 aliphatic heterocycles. The second-order valence-electron chi connectivity index (χ2n) is 9.44. The summed E-state index contributed by atoms with van der Waals surface area (Å²) in [5, 5.41) is 19.2. The number of hydrogen-bond acceptors (Lipinski definition) is 4. The number of phenolic OH excluding ortho intramolecular Hbond substituents is 1. The first-order valence-electron chi connectivity index (χ1n) is 12.0. The molecule has 0 spiro atoms. The number of hydrogen-bond donors (Lipinski definition) is 1. The Balaban J connectivity index is 1.35. The van der Waals surface area contributed by atoms with Gasteiger partial charge >= 0.3 is 0 Å². The highest BCUT2D eigenvalue weighted by atomic mass is 19.1. The Morgan fingerprint density at radius 3 is 2.44 bits per heavy atom. The third-order valence-corrected chi connectivity index (χ3v) is 7.22. The van der Waals surface area contributed by atoms with Crippen LogP contribution in [0.5, 0.6) is 11.5 Å². The van der Waals surface area contributed by atoms with Crippen LogP contribution >= 0.6 is 0 Å². The Morgan fingerprint density at radius 2 is 1.74 bits per heavy atom. The van der Waals surface area contributed by atoms with Gasteiger partial charge in [0.1, 0.15) is 18.1 Å². The van der Waals surface area contributed by atoms with Crippen LogP contribution in [0.1, 0.15) is 46.1 Å². The van der Waals surface area contributed by atoms with Crippen molar-refractivity contribution in [3.63, 3.8) is 0 Å². The smallest absolute Gasteiger partial charge is 0.119 e. The SMILES string of the molecule is N#Cc1ccc([C@@H]2CCc3cc(O)ccc3[C@@H]2c2ccc(OCCN3CC(CF)C3)cc2)cc1. The number of fused-ring (bicyclic) bond motifs is 1. The lowest BCUT2D eigenvalue weighted by Crippen LogP contribution is -2.49. The van der Waals surface area contributed by atoms with E-state index in [1.807, 2.05) is 36.4 Å². The highest BCUT2D eigenvalue weighted by molar-refractivity contribution is 5.48. The minimum absolute atomic E-state index is 0.157. The molecule has 34 heavy (non-hydrogen) atoms. The molecule has 2 aliphatic rings. The Hall–Kier alpha value is -3.36. The van der Waals surface area contributed by atoms with Crippen LogP contribution in [0.25, 0.3) is 0 Å². The fourth-order valence-corrected chi connectivity index (χ4v) is 5.40. The maximum Gasteiger partial charge on any atom is 0.119 e. The normalized spacial score (nSPS) is 20.2. The lowest BCUT2D eigenvalue weighted by atomic mass is 9.69. The van der Waals surface area contributed by atoms with E-state index in [9.17, 15) is 14.8 Å². The maximum absolute atomic E-state index is 12.6. The fourth-order valence-electron chi connectivity index (χ4n) is 5.40. The van der Waals surface area contributed by atoms with Crippen LogP contribution in [0.2, 0.25) is 0 Å². The van der Waals surface area contributed by atoms with Crippen molar-refractivity contribution >= 4 is 0 Å². The van der Waals surface area contributed by atoms with Crippen molar-refractivity contribution in [2.75, 3.05) is 32.9 Å². The third kappa shape index (κ3) is 4.64. The Morgan fingerprint density at radius 1 is 1.00 bits per heavy atom. The summed E-state index contributed by atoms with van der Waals surface area (Å²) in [7, 11) is 0. The number of likely N-dealkylation sites (tertiary alicyclic amines) is 1. The summed E-state index contributed by atoms with van der Waals surface area (Å²) in [6, 6.07) is 24.2. The summed E-state index contributed by atoms with van der Waals surface area (Å²) >= 11 is 0. The number of aromatic hydroxyl groups is 1. The third-order valence-electron chi connectivity index (χ3n) is 7.22. The van der Waals surface area contributed by atoms with Crippen LogP contribution in [0.15, 0.2) is 66.7 Å². The zero-order chi connectivity index (χ0) is 23.5. The topological polar surface area (TPSA) is 56.5 Å². The zero-order valence-electron chi connectivity index (χ0n) is 19.2. The molecule has 3 aromatic rings. The van der Waals surface area contributed by atoms with E-state index in [1.165, 1.54) is 22.3 Å². The Kier molecular flexibility index (Phi) is 6.51.